The first-order chi connectivity index (χ1) is 17.5. The fourth-order valence-electron chi connectivity index (χ4n) is 0.618. The van der Waals surface area contributed by atoms with E-state index in [4.69, 9.17) is 141 Å². The van der Waals surface area contributed by atoms with Crippen molar-refractivity contribution in [2.24, 2.45) is 0 Å². The second-order valence-electron chi connectivity index (χ2n) is 5.44. The highest BCUT2D eigenvalue weighted by Crippen LogP contribution is 2.27. The van der Waals surface area contributed by atoms with Gasteiger partial charge in [-0.05, 0) is 0 Å². The number of carbonyl (C=O) groups excluding carboxylic acids is 1. The summed E-state index contributed by atoms with van der Waals surface area (Å²) in [6, 6.07) is 0. The van der Waals surface area contributed by atoms with Crippen LogP contribution in [0.15, 0.2) is 0 Å². The largest absolute Gasteiger partial charge is 0.466 e. The van der Waals surface area contributed by atoms with Crippen LogP contribution >= 0.6 is 46.9 Å². The van der Waals surface area contributed by atoms with Crippen LogP contribution in [0.4, 0.5) is 0 Å². The normalized spacial score (nSPS) is 14.5. The summed E-state index contributed by atoms with van der Waals surface area (Å²) in [6.07, 6.45) is -6.84. The van der Waals surface area contributed by atoms with Gasteiger partial charge in [-0.2, -0.15) is 0 Å². The molecule has 0 saturated heterocycles. The SMILES string of the molecule is O=C[C@H](O)[C@@H](O)[C@H](O)[C@H](O)CO.O=P(O)(O)O.O=P(O)(O)O.O=P(O)(O)O.O=P(O)(O)O.O=P(O)(O)O.O=P(O)(O)O. The van der Waals surface area contributed by atoms with Crippen molar-refractivity contribution in [2.45, 2.75) is 24.4 Å². The topological polar surface area (TPSA) is 585 Å². The molecule has 0 rings (SSSR count). The lowest BCUT2D eigenvalue weighted by Crippen LogP contribution is -2.46. The molecule has 0 amide bonds. The molecule has 0 aromatic carbocycles. The number of phosphoric acid groups is 6. The molecular weight excluding hydrogens is 738 g/mol. The van der Waals surface area contributed by atoms with E-state index in [1.807, 2.05) is 0 Å². The summed E-state index contributed by atoms with van der Waals surface area (Å²) in [4.78, 5) is 139. The Morgan fingerprint density at radius 1 is 0.405 bits per heavy atom. The molecule has 23 N–H and O–H groups in total. The molecule has 0 heterocycles. The molecule has 0 aromatic rings. The summed E-state index contributed by atoms with van der Waals surface area (Å²) in [7, 11) is -27.8. The number of carbonyl (C=O) groups is 1. The molecule has 0 radical (unpaired) electrons. The van der Waals surface area contributed by atoms with E-state index in [1.165, 1.54) is 0 Å². The maximum atomic E-state index is 9.90. The van der Waals surface area contributed by atoms with Gasteiger partial charge in [0.2, 0.25) is 0 Å². The Hall–Kier alpha value is 0.130. The summed E-state index contributed by atoms with van der Waals surface area (Å²) in [5.41, 5.74) is 0. The van der Waals surface area contributed by atoms with Crippen LogP contribution in [0.3, 0.4) is 0 Å². The van der Waals surface area contributed by atoms with E-state index in [-0.39, 0.29) is 6.29 Å². The smallest absolute Gasteiger partial charge is 0.394 e. The minimum absolute atomic E-state index is 0.0258. The van der Waals surface area contributed by atoms with Crippen molar-refractivity contribution in [3.63, 3.8) is 0 Å². The summed E-state index contributed by atoms with van der Waals surface area (Å²) < 4.78 is 53.3. The Morgan fingerprint density at radius 2 is 0.548 bits per heavy atom. The average molecular weight is 768 g/mol. The Labute approximate surface area is 230 Å². The highest BCUT2D eigenvalue weighted by Gasteiger charge is 2.29. The summed E-state index contributed by atoms with van der Waals surface area (Å²) >= 11 is 0. The first-order valence-electron chi connectivity index (χ1n) is 8.02. The molecule has 264 valence electrons. The minimum Gasteiger partial charge on any atom is -0.394 e. The molecule has 0 fully saturated rings. The number of rotatable bonds is 5. The maximum absolute atomic E-state index is 9.90. The van der Waals surface area contributed by atoms with Gasteiger partial charge >= 0.3 is 46.9 Å². The van der Waals surface area contributed by atoms with Gasteiger partial charge in [-0.3, -0.25) is 0 Å². The van der Waals surface area contributed by atoms with Crippen molar-refractivity contribution in [3.8, 4) is 0 Å². The van der Waals surface area contributed by atoms with Crippen LogP contribution in [-0.4, -0.2) is 151 Å². The lowest BCUT2D eigenvalue weighted by atomic mass is 10.0. The third-order valence-corrected chi connectivity index (χ3v) is 1.42. The van der Waals surface area contributed by atoms with Crippen LogP contribution < -0.4 is 0 Å². The third-order valence-electron chi connectivity index (χ3n) is 1.42. The highest BCUT2D eigenvalue weighted by atomic mass is 31.2. The molecule has 0 saturated carbocycles. The van der Waals surface area contributed by atoms with Gasteiger partial charge < -0.3 is 118 Å². The molecule has 0 aromatic heterocycles. The lowest BCUT2D eigenvalue weighted by molar-refractivity contribution is -0.136. The van der Waals surface area contributed by atoms with E-state index in [0.29, 0.717) is 0 Å². The van der Waals surface area contributed by atoms with Crippen LogP contribution in [0.1, 0.15) is 0 Å². The van der Waals surface area contributed by atoms with Crippen molar-refractivity contribution in [1.82, 2.24) is 0 Å². The van der Waals surface area contributed by atoms with Gasteiger partial charge in [0.1, 0.15) is 24.4 Å². The Kier molecular flexibility index (Phi) is 36.2. The van der Waals surface area contributed by atoms with Crippen LogP contribution in [0, 0.1) is 0 Å². The highest BCUT2D eigenvalue weighted by molar-refractivity contribution is 7.46. The van der Waals surface area contributed by atoms with Gasteiger partial charge in [0.05, 0.1) is 6.61 Å². The van der Waals surface area contributed by atoms with Crippen LogP contribution in [0.25, 0.3) is 0 Å². The first kappa shape index (κ1) is 57.8. The summed E-state index contributed by atoms with van der Waals surface area (Å²) in [5.74, 6) is 0. The number of aliphatic hydroxyl groups excluding tert-OH is 5. The van der Waals surface area contributed by atoms with E-state index in [2.05, 4.69) is 0 Å². The van der Waals surface area contributed by atoms with Gasteiger partial charge in [0.25, 0.3) is 0 Å². The minimum atomic E-state index is -4.64. The predicted molar refractivity (Wildman–Crippen MR) is 123 cm³/mol. The van der Waals surface area contributed by atoms with Gasteiger partial charge in [-0.1, -0.05) is 0 Å². The molecule has 4 atom stereocenters. The Morgan fingerprint density at radius 3 is 0.643 bits per heavy atom. The van der Waals surface area contributed by atoms with Crippen LogP contribution in [0.5, 0.6) is 0 Å². The van der Waals surface area contributed by atoms with Gasteiger partial charge in [-0.15, -0.1) is 0 Å². The van der Waals surface area contributed by atoms with Crippen molar-refractivity contribution < 1.29 is 146 Å². The van der Waals surface area contributed by atoms with E-state index < -0.39 is 78.0 Å². The standard InChI is InChI=1S/C6H12O6.6H3O4P/c7-1-3(9)5(11)6(12)4(10)2-8;6*1-5(2,3)4/h1,3-6,8-12H,2H2;6*(H3,1,2,3,4)/t3-,4+,5+,6+;;;;;;/m0....../s1. The molecule has 0 unspecified atom stereocenters. The fourth-order valence-corrected chi connectivity index (χ4v) is 0.618. The van der Waals surface area contributed by atoms with Crippen LogP contribution in [-0.2, 0) is 32.2 Å². The zero-order chi connectivity index (χ0) is 36.7. The zero-order valence-electron chi connectivity index (χ0n) is 19.4. The predicted octanol–water partition coefficient (Wildman–Crippen LogP) is -8.95. The van der Waals surface area contributed by atoms with E-state index >= 15 is 0 Å². The monoisotopic (exact) mass is 768 g/mol. The number of hydrogen-bond donors (Lipinski definition) is 23. The first-order valence-corrected chi connectivity index (χ1v) is 17.4. The fraction of sp³-hybridized carbons (Fsp3) is 0.833. The van der Waals surface area contributed by atoms with Crippen molar-refractivity contribution in [3.05, 3.63) is 0 Å². The molecule has 0 bridgehead atoms. The van der Waals surface area contributed by atoms with Gasteiger partial charge in [0, 0.05) is 0 Å². The molecule has 0 aliphatic rings. The third kappa shape index (κ3) is 236. The second-order valence-corrected chi connectivity index (χ2v) is 11.6. The van der Waals surface area contributed by atoms with Crippen molar-refractivity contribution in [2.75, 3.05) is 6.61 Å². The van der Waals surface area contributed by atoms with Crippen molar-refractivity contribution in [1.29, 1.82) is 0 Å². The Balaban J connectivity index is -0.0000000711. The number of aldehydes is 1. The van der Waals surface area contributed by atoms with E-state index in [9.17, 15) is 4.79 Å². The Bertz CT molecular complexity index is 719. The molecular formula is C6H30O30P6. The number of aliphatic hydroxyl groups is 5. The second kappa shape index (κ2) is 26.4. The summed E-state index contributed by atoms with van der Waals surface area (Å²) in [5, 5.41) is 43.5. The van der Waals surface area contributed by atoms with Gasteiger partial charge in [-0.25, -0.2) is 27.4 Å². The molecule has 42 heavy (non-hydrogen) atoms. The average Bonchev–Trinajstić information content (AvgIpc) is 2.57. The molecule has 0 aliphatic carbocycles. The van der Waals surface area contributed by atoms with Crippen molar-refractivity contribution >= 4 is 53.2 Å². The van der Waals surface area contributed by atoms with Gasteiger partial charge in [0.15, 0.2) is 6.29 Å². The number of hydrogen-bond acceptors (Lipinski definition) is 12. The molecule has 36 heteroatoms. The zero-order valence-corrected chi connectivity index (χ0v) is 24.8. The van der Waals surface area contributed by atoms with E-state index in [1.54, 1.807) is 0 Å². The quantitative estimate of drug-likeness (QED) is 0.0912. The molecule has 0 spiro atoms. The van der Waals surface area contributed by atoms with E-state index in [0.717, 1.165) is 0 Å². The molecule has 0 aliphatic heterocycles. The summed E-state index contributed by atoms with van der Waals surface area (Å²) in [6.45, 7) is -0.760. The maximum Gasteiger partial charge on any atom is 0.466 e. The lowest BCUT2D eigenvalue weighted by Gasteiger charge is -2.22. The van der Waals surface area contributed by atoms with Crippen LogP contribution in [0.2, 0.25) is 0 Å². The molecule has 30 nitrogen and oxygen atoms in total.